The molecule has 3 N–H and O–H groups in total. The van der Waals surface area contributed by atoms with Crippen molar-refractivity contribution < 1.29 is 23.1 Å². The van der Waals surface area contributed by atoms with Crippen LogP contribution >= 0.6 is 0 Å². The molecule has 10 nitrogen and oxygen atoms in total. The van der Waals surface area contributed by atoms with E-state index in [0.717, 1.165) is 0 Å². The number of fused-ring (bicyclic) bond motifs is 1. The lowest BCUT2D eigenvalue weighted by molar-refractivity contribution is -0.135. The SMILES string of the molecule is COc1cccc(C2C=C(F)C=CC2[C@H]2Cc3nc(N)nc(C)c3/C(=N/OCC(=O)N3CC[C@@H](F)C3)N2)n1. The summed E-state index contributed by atoms with van der Waals surface area (Å²) < 4.78 is 33.2. The monoisotopic (exact) mass is 525 g/mol. The van der Waals surface area contributed by atoms with E-state index in [1.54, 1.807) is 19.1 Å². The second-order valence-corrected chi connectivity index (χ2v) is 9.50. The number of rotatable bonds is 6. The maximum absolute atomic E-state index is 14.4. The average Bonchev–Trinajstić information content (AvgIpc) is 3.34. The van der Waals surface area contributed by atoms with Gasteiger partial charge in [0.15, 0.2) is 12.4 Å². The van der Waals surface area contributed by atoms with Crippen molar-refractivity contribution in [2.45, 2.75) is 37.9 Å². The number of aryl methyl sites for hydroxylation is 1. The number of likely N-dealkylation sites (tertiary alicyclic amines) is 1. The van der Waals surface area contributed by atoms with Gasteiger partial charge in [0.2, 0.25) is 11.8 Å². The molecule has 1 fully saturated rings. The zero-order valence-corrected chi connectivity index (χ0v) is 21.1. The second-order valence-electron chi connectivity index (χ2n) is 9.50. The summed E-state index contributed by atoms with van der Waals surface area (Å²) in [5.74, 6) is -0.441. The van der Waals surface area contributed by atoms with Gasteiger partial charge in [-0.05, 0) is 31.6 Å². The number of carbonyl (C=O) groups excluding carboxylic acids is 1. The van der Waals surface area contributed by atoms with Crippen LogP contribution in [0, 0.1) is 12.8 Å². The highest BCUT2D eigenvalue weighted by Crippen LogP contribution is 2.37. The molecular formula is C26H29F2N7O3. The first kappa shape index (κ1) is 25.6. The summed E-state index contributed by atoms with van der Waals surface area (Å²) in [5, 5.41) is 7.62. The first-order chi connectivity index (χ1) is 18.3. The number of hydrogen-bond donors (Lipinski definition) is 2. The molecular weight excluding hydrogens is 496 g/mol. The fourth-order valence-corrected chi connectivity index (χ4v) is 5.17. The number of nitrogen functional groups attached to an aromatic ring is 1. The number of hydrogen-bond acceptors (Lipinski definition) is 8. The van der Waals surface area contributed by atoms with Crippen molar-refractivity contribution in [2.75, 3.05) is 32.5 Å². The van der Waals surface area contributed by atoms with E-state index in [0.29, 0.717) is 53.7 Å². The smallest absolute Gasteiger partial charge is 0.263 e. The van der Waals surface area contributed by atoms with Gasteiger partial charge in [-0.1, -0.05) is 17.3 Å². The van der Waals surface area contributed by atoms with Crippen LogP contribution < -0.4 is 15.8 Å². The Bertz CT molecular complexity index is 1320. The molecule has 3 aliphatic rings. The Morgan fingerprint density at radius 1 is 1.32 bits per heavy atom. The van der Waals surface area contributed by atoms with Crippen molar-refractivity contribution >= 4 is 17.7 Å². The quantitative estimate of drug-likeness (QED) is 0.551. The Kier molecular flexibility index (Phi) is 7.21. The number of aromatic nitrogens is 3. The van der Waals surface area contributed by atoms with Crippen molar-refractivity contribution in [1.82, 2.24) is 25.2 Å². The van der Waals surface area contributed by atoms with Crippen LogP contribution in [0.2, 0.25) is 0 Å². The highest BCUT2D eigenvalue weighted by Gasteiger charge is 2.37. The van der Waals surface area contributed by atoms with Crippen molar-refractivity contribution in [3.63, 3.8) is 0 Å². The molecule has 2 unspecified atom stereocenters. The molecule has 4 heterocycles. The maximum atomic E-state index is 14.4. The normalized spacial score (nSPS) is 25.5. The summed E-state index contributed by atoms with van der Waals surface area (Å²) in [6, 6.07) is 5.08. The van der Waals surface area contributed by atoms with Gasteiger partial charge in [0, 0.05) is 36.9 Å². The molecule has 0 spiro atoms. The fourth-order valence-electron chi connectivity index (χ4n) is 5.17. The van der Waals surface area contributed by atoms with Gasteiger partial charge in [-0.3, -0.25) is 4.79 Å². The number of amidine groups is 1. The standard InChI is InChI=1S/C26H29F2N7O3/c1-14-24-21(33-26(29)30-14)11-20(32-25(24)34-38-13-23(36)35-9-8-16(28)12-35)17-7-6-15(27)10-18(17)19-4-3-5-22(31-19)37-2/h3-7,10,16-18,20H,8-9,11-13H2,1-2H3,(H,32,34)(H2,29,30,33)/t16-,17?,18?,20-/m1/s1. The number of alkyl halides is 1. The number of nitrogens with two attached hydrogens (primary N) is 1. The van der Waals surface area contributed by atoms with Gasteiger partial charge in [0.1, 0.15) is 12.0 Å². The Balaban J connectivity index is 1.43. The molecule has 0 radical (unpaired) electrons. The Morgan fingerprint density at radius 2 is 2.16 bits per heavy atom. The maximum Gasteiger partial charge on any atom is 0.263 e. The number of amides is 1. The van der Waals surface area contributed by atoms with E-state index < -0.39 is 12.1 Å². The number of halogens is 2. The number of carbonyl (C=O) groups is 1. The molecule has 1 saturated heterocycles. The van der Waals surface area contributed by atoms with Gasteiger partial charge < -0.3 is 25.5 Å². The molecule has 38 heavy (non-hydrogen) atoms. The Morgan fingerprint density at radius 3 is 2.92 bits per heavy atom. The molecule has 0 saturated carbocycles. The number of oxime groups is 1. The molecule has 12 heteroatoms. The average molecular weight is 526 g/mol. The first-order valence-corrected chi connectivity index (χ1v) is 12.4. The van der Waals surface area contributed by atoms with Gasteiger partial charge in [0.25, 0.3) is 5.91 Å². The van der Waals surface area contributed by atoms with Crippen molar-refractivity contribution in [2.24, 2.45) is 11.1 Å². The minimum atomic E-state index is -1.02. The van der Waals surface area contributed by atoms with Gasteiger partial charge in [-0.15, -0.1) is 0 Å². The van der Waals surface area contributed by atoms with Crippen LogP contribution in [0.25, 0.3) is 0 Å². The van der Waals surface area contributed by atoms with E-state index in [2.05, 4.69) is 25.4 Å². The van der Waals surface area contributed by atoms with Crippen molar-refractivity contribution in [3.05, 3.63) is 64.9 Å². The topological polar surface area (TPSA) is 128 Å². The van der Waals surface area contributed by atoms with Crippen LogP contribution in [0.5, 0.6) is 5.88 Å². The number of pyridine rings is 1. The van der Waals surface area contributed by atoms with Crippen molar-refractivity contribution in [1.29, 1.82) is 0 Å². The van der Waals surface area contributed by atoms with E-state index >= 15 is 0 Å². The number of ether oxygens (including phenoxy) is 1. The first-order valence-electron chi connectivity index (χ1n) is 12.4. The fraction of sp³-hybridized carbons (Fsp3) is 0.423. The van der Waals surface area contributed by atoms with Gasteiger partial charge in [0.05, 0.1) is 36.3 Å². The predicted molar refractivity (Wildman–Crippen MR) is 136 cm³/mol. The Hall–Kier alpha value is -4.09. The molecule has 1 aliphatic carbocycles. The van der Waals surface area contributed by atoms with Gasteiger partial charge in [-0.2, -0.15) is 0 Å². The zero-order valence-electron chi connectivity index (χ0n) is 21.1. The number of allylic oxidation sites excluding steroid dienone is 3. The molecule has 200 valence electrons. The van der Waals surface area contributed by atoms with Crippen LogP contribution in [0.1, 0.15) is 35.0 Å². The predicted octanol–water partition coefficient (Wildman–Crippen LogP) is 2.36. The van der Waals surface area contributed by atoms with E-state index in [1.165, 1.54) is 24.2 Å². The Labute approximate surface area is 218 Å². The number of nitrogens with zero attached hydrogens (tertiary/aromatic N) is 5. The van der Waals surface area contributed by atoms with Crippen LogP contribution in [-0.4, -0.2) is 70.6 Å². The molecule has 1 amide bonds. The van der Waals surface area contributed by atoms with E-state index in [-0.39, 0.29) is 42.8 Å². The largest absolute Gasteiger partial charge is 0.481 e. The van der Waals surface area contributed by atoms with E-state index in [9.17, 15) is 13.6 Å². The third-order valence-electron chi connectivity index (χ3n) is 6.97. The molecule has 0 aromatic carbocycles. The molecule has 4 atom stereocenters. The zero-order chi connectivity index (χ0) is 26.8. The molecule has 0 bridgehead atoms. The highest BCUT2D eigenvalue weighted by atomic mass is 19.1. The summed E-state index contributed by atoms with van der Waals surface area (Å²) in [6.45, 7) is 1.87. The van der Waals surface area contributed by atoms with Gasteiger partial charge in [-0.25, -0.2) is 23.7 Å². The minimum absolute atomic E-state index is 0.0614. The number of nitrogens with one attached hydrogen (secondary N) is 1. The lowest BCUT2D eigenvalue weighted by atomic mass is 9.77. The summed E-state index contributed by atoms with van der Waals surface area (Å²) in [4.78, 5) is 32.5. The molecule has 5 rings (SSSR count). The highest BCUT2D eigenvalue weighted by molar-refractivity contribution is 6.01. The lowest BCUT2D eigenvalue weighted by Gasteiger charge is -2.36. The third kappa shape index (κ3) is 5.29. The molecule has 2 aromatic rings. The molecule has 2 aliphatic heterocycles. The number of methoxy groups -OCH3 is 1. The molecule has 2 aromatic heterocycles. The lowest BCUT2D eigenvalue weighted by Crippen LogP contribution is -2.48. The van der Waals surface area contributed by atoms with E-state index in [4.69, 9.17) is 15.3 Å². The third-order valence-corrected chi connectivity index (χ3v) is 6.97. The summed E-state index contributed by atoms with van der Waals surface area (Å²) in [7, 11) is 1.53. The van der Waals surface area contributed by atoms with Crippen LogP contribution in [0.4, 0.5) is 14.7 Å². The van der Waals surface area contributed by atoms with Crippen molar-refractivity contribution in [3.8, 4) is 5.88 Å². The summed E-state index contributed by atoms with van der Waals surface area (Å²) in [5.41, 5.74) is 8.49. The minimum Gasteiger partial charge on any atom is -0.481 e. The summed E-state index contributed by atoms with van der Waals surface area (Å²) >= 11 is 0. The van der Waals surface area contributed by atoms with Crippen LogP contribution in [0.15, 0.2) is 47.4 Å². The van der Waals surface area contributed by atoms with Crippen LogP contribution in [-0.2, 0) is 16.1 Å². The van der Waals surface area contributed by atoms with Crippen LogP contribution in [0.3, 0.4) is 0 Å². The second kappa shape index (κ2) is 10.7. The van der Waals surface area contributed by atoms with E-state index in [1.807, 2.05) is 12.1 Å². The van der Waals surface area contributed by atoms with Gasteiger partial charge >= 0.3 is 0 Å². The number of anilines is 1. The summed E-state index contributed by atoms with van der Waals surface area (Å²) in [6.07, 6.45) is 4.52.